The molecular formula is C17H24FNO. The van der Waals surface area contributed by atoms with E-state index >= 15 is 0 Å². The Morgan fingerprint density at radius 3 is 2.45 bits per heavy atom. The summed E-state index contributed by atoms with van der Waals surface area (Å²) >= 11 is 0. The van der Waals surface area contributed by atoms with Crippen molar-refractivity contribution in [3.63, 3.8) is 0 Å². The predicted octanol–water partition coefficient (Wildman–Crippen LogP) is 2.85. The molecule has 1 aliphatic heterocycles. The average molecular weight is 277 g/mol. The number of hydrogen-bond donors (Lipinski definition) is 1. The molecule has 0 spiro atoms. The maximum atomic E-state index is 13.6. The van der Waals surface area contributed by atoms with Crippen molar-refractivity contribution in [1.29, 1.82) is 0 Å². The molecule has 3 rings (SSSR count). The van der Waals surface area contributed by atoms with Gasteiger partial charge in [-0.05, 0) is 68.7 Å². The molecule has 1 saturated carbocycles. The van der Waals surface area contributed by atoms with Crippen molar-refractivity contribution >= 4 is 0 Å². The standard InChI is InChI=1S/C17H24FNO/c18-17-4-2-1-3-15(17)9-13-5-7-19(8-6-13)12-14-10-16(20)11-14/h1-4,13-14,16,20H,5-12H2. The van der Waals surface area contributed by atoms with Gasteiger partial charge in [-0.25, -0.2) is 4.39 Å². The molecule has 0 radical (unpaired) electrons. The zero-order valence-electron chi connectivity index (χ0n) is 12.0. The highest BCUT2D eigenvalue weighted by Crippen LogP contribution is 2.30. The highest BCUT2D eigenvalue weighted by Gasteiger charge is 2.30. The molecule has 0 amide bonds. The van der Waals surface area contributed by atoms with Gasteiger partial charge < -0.3 is 10.0 Å². The molecule has 2 nitrogen and oxygen atoms in total. The number of halogens is 1. The summed E-state index contributed by atoms with van der Waals surface area (Å²) in [6, 6.07) is 7.16. The van der Waals surface area contributed by atoms with Crippen LogP contribution in [0.2, 0.25) is 0 Å². The summed E-state index contributed by atoms with van der Waals surface area (Å²) < 4.78 is 13.6. The maximum absolute atomic E-state index is 13.6. The molecule has 0 unspecified atom stereocenters. The fraction of sp³-hybridized carbons (Fsp3) is 0.647. The zero-order chi connectivity index (χ0) is 13.9. The maximum Gasteiger partial charge on any atom is 0.126 e. The molecular weight excluding hydrogens is 253 g/mol. The summed E-state index contributed by atoms with van der Waals surface area (Å²) in [4.78, 5) is 2.52. The van der Waals surface area contributed by atoms with Gasteiger partial charge in [0.1, 0.15) is 5.82 Å². The number of aliphatic hydroxyl groups is 1. The summed E-state index contributed by atoms with van der Waals surface area (Å²) in [5.74, 6) is 1.27. The summed E-state index contributed by atoms with van der Waals surface area (Å²) in [5, 5.41) is 9.33. The first-order valence-electron chi connectivity index (χ1n) is 7.84. The van der Waals surface area contributed by atoms with Gasteiger partial charge in [-0.15, -0.1) is 0 Å². The first-order valence-corrected chi connectivity index (χ1v) is 7.84. The first kappa shape index (κ1) is 14.0. The largest absolute Gasteiger partial charge is 0.393 e. The Morgan fingerprint density at radius 1 is 1.10 bits per heavy atom. The van der Waals surface area contributed by atoms with Crippen molar-refractivity contribution < 1.29 is 9.50 Å². The van der Waals surface area contributed by atoms with Crippen LogP contribution >= 0.6 is 0 Å². The number of likely N-dealkylation sites (tertiary alicyclic amines) is 1. The van der Waals surface area contributed by atoms with E-state index in [1.807, 2.05) is 12.1 Å². The molecule has 1 saturated heterocycles. The Balaban J connectivity index is 1.43. The quantitative estimate of drug-likeness (QED) is 0.915. The van der Waals surface area contributed by atoms with Gasteiger partial charge in [-0.1, -0.05) is 18.2 Å². The molecule has 1 heterocycles. The first-order chi connectivity index (χ1) is 9.70. The van der Waals surface area contributed by atoms with E-state index in [4.69, 9.17) is 0 Å². The average Bonchev–Trinajstić information content (AvgIpc) is 2.42. The van der Waals surface area contributed by atoms with E-state index in [9.17, 15) is 9.50 Å². The van der Waals surface area contributed by atoms with E-state index in [-0.39, 0.29) is 11.9 Å². The van der Waals surface area contributed by atoms with Crippen LogP contribution in [0.25, 0.3) is 0 Å². The molecule has 3 heteroatoms. The molecule has 1 aromatic carbocycles. The molecule has 2 aliphatic rings. The Hall–Kier alpha value is -0.930. The van der Waals surface area contributed by atoms with Crippen molar-refractivity contribution in [1.82, 2.24) is 4.90 Å². The predicted molar refractivity (Wildman–Crippen MR) is 78.0 cm³/mol. The van der Waals surface area contributed by atoms with Gasteiger partial charge >= 0.3 is 0 Å². The van der Waals surface area contributed by atoms with Crippen molar-refractivity contribution in [2.24, 2.45) is 11.8 Å². The molecule has 0 atom stereocenters. The van der Waals surface area contributed by atoms with Gasteiger partial charge in [-0.2, -0.15) is 0 Å². The van der Waals surface area contributed by atoms with Gasteiger partial charge in [-0.3, -0.25) is 0 Å². The third kappa shape index (κ3) is 3.39. The highest BCUT2D eigenvalue weighted by atomic mass is 19.1. The zero-order valence-corrected chi connectivity index (χ0v) is 12.0. The van der Waals surface area contributed by atoms with Crippen LogP contribution in [0, 0.1) is 17.7 Å². The minimum Gasteiger partial charge on any atom is -0.393 e. The van der Waals surface area contributed by atoms with Gasteiger partial charge in [0.15, 0.2) is 0 Å². The molecule has 0 bridgehead atoms. The fourth-order valence-corrected chi connectivity index (χ4v) is 3.56. The smallest absolute Gasteiger partial charge is 0.126 e. The van der Waals surface area contributed by atoms with Crippen LogP contribution in [0.15, 0.2) is 24.3 Å². The third-order valence-corrected chi connectivity index (χ3v) is 4.90. The summed E-state index contributed by atoms with van der Waals surface area (Å²) in [6.07, 6.45) is 5.14. The lowest BCUT2D eigenvalue weighted by Crippen LogP contribution is -2.42. The SMILES string of the molecule is OC1CC(CN2CCC(Cc3ccccc3F)CC2)C1. The second-order valence-electron chi connectivity index (χ2n) is 6.53. The number of nitrogens with zero attached hydrogens (tertiary/aromatic N) is 1. The lowest BCUT2D eigenvalue weighted by molar-refractivity contribution is 0.0186. The molecule has 20 heavy (non-hydrogen) atoms. The van der Waals surface area contributed by atoms with E-state index in [0.717, 1.165) is 44.5 Å². The third-order valence-electron chi connectivity index (χ3n) is 4.90. The monoisotopic (exact) mass is 277 g/mol. The lowest BCUT2D eigenvalue weighted by atomic mass is 9.81. The number of piperidine rings is 1. The normalized spacial score (nSPS) is 28.3. The summed E-state index contributed by atoms with van der Waals surface area (Å²) in [6.45, 7) is 3.40. The number of hydrogen-bond acceptors (Lipinski definition) is 2. The van der Waals surface area contributed by atoms with E-state index < -0.39 is 0 Å². The molecule has 1 aliphatic carbocycles. The van der Waals surface area contributed by atoms with Crippen molar-refractivity contribution in [3.05, 3.63) is 35.6 Å². The van der Waals surface area contributed by atoms with E-state index in [2.05, 4.69) is 4.90 Å². The Kier molecular flexibility index (Phi) is 4.37. The van der Waals surface area contributed by atoms with E-state index in [0.29, 0.717) is 11.8 Å². The second-order valence-corrected chi connectivity index (χ2v) is 6.53. The summed E-state index contributed by atoms with van der Waals surface area (Å²) in [7, 11) is 0. The molecule has 0 aromatic heterocycles. The highest BCUT2D eigenvalue weighted by molar-refractivity contribution is 5.17. The van der Waals surface area contributed by atoms with Gasteiger partial charge in [0.25, 0.3) is 0 Å². The Labute approximate surface area is 120 Å². The molecule has 1 aromatic rings. The van der Waals surface area contributed by atoms with Gasteiger partial charge in [0.05, 0.1) is 6.10 Å². The minimum atomic E-state index is -0.0571. The van der Waals surface area contributed by atoms with E-state index in [1.54, 1.807) is 12.1 Å². The number of aliphatic hydroxyl groups excluding tert-OH is 1. The minimum absolute atomic E-state index is 0.0430. The van der Waals surface area contributed by atoms with Crippen LogP contribution in [-0.4, -0.2) is 35.7 Å². The van der Waals surface area contributed by atoms with Crippen LogP contribution in [0.4, 0.5) is 4.39 Å². The Morgan fingerprint density at radius 2 is 1.80 bits per heavy atom. The van der Waals surface area contributed by atoms with E-state index in [1.165, 1.54) is 12.8 Å². The lowest BCUT2D eigenvalue weighted by Gasteiger charge is -2.39. The van der Waals surface area contributed by atoms with Crippen LogP contribution in [0.5, 0.6) is 0 Å². The number of benzene rings is 1. The van der Waals surface area contributed by atoms with Crippen LogP contribution < -0.4 is 0 Å². The Bertz CT molecular complexity index is 436. The van der Waals surface area contributed by atoms with Crippen molar-refractivity contribution in [2.75, 3.05) is 19.6 Å². The number of rotatable bonds is 4. The molecule has 2 fully saturated rings. The van der Waals surface area contributed by atoms with Gasteiger partial charge in [0, 0.05) is 6.54 Å². The van der Waals surface area contributed by atoms with Crippen molar-refractivity contribution in [2.45, 2.75) is 38.2 Å². The molecule has 110 valence electrons. The van der Waals surface area contributed by atoms with Crippen LogP contribution in [0.3, 0.4) is 0 Å². The van der Waals surface area contributed by atoms with Gasteiger partial charge in [0.2, 0.25) is 0 Å². The van der Waals surface area contributed by atoms with Crippen LogP contribution in [-0.2, 0) is 6.42 Å². The van der Waals surface area contributed by atoms with Crippen LogP contribution in [0.1, 0.15) is 31.2 Å². The molecule has 1 N–H and O–H groups in total. The summed E-state index contributed by atoms with van der Waals surface area (Å²) in [5.41, 5.74) is 0.869. The fourth-order valence-electron chi connectivity index (χ4n) is 3.56. The second kappa shape index (κ2) is 6.23. The topological polar surface area (TPSA) is 23.5 Å². The van der Waals surface area contributed by atoms with Crippen molar-refractivity contribution in [3.8, 4) is 0 Å².